The second-order valence-corrected chi connectivity index (χ2v) is 5.69. The average molecular weight is 343 g/mol. The smallest absolute Gasteiger partial charge is 0.338 e. The Balaban J connectivity index is 2.06. The van der Waals surface area contributed by atoms with E-state index in [2.05, 4.69) is 20.8 Å². The highest BCUT2D eigenvalue weighted by Gasteiger charge is 2.22. The normalized spacial score (nSPS) is 16.9. The summed E-state index contributed by atoms with van der Waals surface area (Å²) in [5.74, 6) is -0.504. The van der Waals surface area contributed by atoms with Crippen molar-refractivity contribution in [1.82, 2.24) is 4.90 Å². The molecule has 108 valence electrons. The maximum Gasteiger partial charge on any atom is 0.338 e. The SMILES string of the molecule is CN1CCC(OC(=O)c2ccc(Br)c([N+](=O)[O-])c2)CC1. The molecule has 1 aliphatic rings. The molecule has 0 radical (unpaired) electrons. The molecule has 1 heterocycles. The van der Waals surface area contributed by atoms with Gasteiger partial charge in [0.2, 0.25) is 0 Å². The van der Waals surface area contributed by atoms with E-state index in [0.29, 0.717) is 4.47 Å². The number of esters is 1. The zero-order valence-electron chi connectivity index (χ0n) is 11.0. The molecule has 1 saturated heterocycles. The van der Waals surface area contributed by atoms with Gasteiger partial charge in [-0.2, -0.15) is 0 Å². The van der Waals surface area contributed by atoms with Gasteiger partial charge in [0.05, 0.1) is 15.0 Å². The van der Waals surface area contributed by atoms with Crippen LogP contribution in [0.3, 0.4) is 0 Å². The van der Waals surface area contributed by atoms with E-state index in [-0.39, 0.29) is 17.4 Å². The second kappa shape index (κ2) is 6.32. The highest BCUT2D eigenvalue weighted by molar-refractivity contribution is 9.10. The Hall–Kier alpha value is -1.47. The number of ether oxygens (including phenoxy) is 1. The number of likely N-dealkylation sites (tertiary alicyclic amines) is 1. The number of nitro groups is 1. The zero-order valence-corrected chi connectivity index (χ0v) is 12.6. The predicted molar refractivity (Wildman–Crippen MR) is 76.7 cm³/mol. The zero-order chi connectivity index (χ0) is 14.7. The van der Waals surface area contributed by atoms with E-state index >= 15 is 0 Å². The van der Waals surface area contributed by atoms with Crippen LogP contribution in [0, 0.1) is 10.1 Å². The standard InChI is InChI=1S/C13H15BrN2O4/c1-15-6-4-10(5-7-15)20-13(17)9-2-3-11(14)12(8-9)16(18)19/h2-3,8,10H,4-7H2,1H3. The summed E-state index contributed by atoms with van der Waals surface area (Å²) in [4.78, 5) is 24.5. The van der Waals surface area contributed by atoms with Gasteiger partial charge in [-0.1, -0.05) is 0 Å². The van der Waals surface area contributed by atoms with Crippen molar-refractivity contribution < 1.29 is 14.5 Å². The molecule has 0 spiro atoms. The van der Waals surface area contributed by atoms with Crippen LogP contribution in [0.5, 0.6) is 0 Å². The van der Waals surface area contributed by atoms with E-state index < -0.39 is 10.9 Å². The fraction of sp³-hybridized carbons (Fsp3) is 0.462. The van der Waals surface area contributed by atoms with Gasteiger partial charge in [-0.3, -0.25) is 10.1 Å². The number of hydrogen-bond acceptors (Lipinski definition) is 5. The fourth-order valence-corrected chi connectivity index (χ4v) is 2.49. The Morgan fingerprint density at radius 3 is 2.70 bits per heavy atom. The van der Waals surface area contributed by atoms with Crippen LogP contribution in [0.4, 0.5) is 5.69 Å². The number of rotatable bonds is 3. The molecule has 0 saturated carbocycles. The molecule has 1 aliphatic heterocycles. The highest BCUT2D eigenvalue weighted by Crippen LogP contribution is 2.26. The third kappa shape index (κ3) is 3.55. The van der Waals surface area contributed by atoms with Gasteiger partial charge in [-0.05, 0) is 48.0 Å². The quantitative estimate of drug-likeness (QED) is 0.479. The van der Waals surface area contributed by atoms with Gasteiger partial charge in [-0.15, -0.1) is 0 Å². The molecule has 7 heteroatoms. The number of piperidine rings is 1. The van der Waals surface area contributed by atoms with Crippen molar-refractivity contribution in [3.63, 3.8) is 0 Å². The Morgan fingerprint density at radius 2 is 2.10 bits per heavy atom. The lowest BCUT2D eigenvalue weighted by Gasteiger charge is -2.28. The van der Waals surface area contributed by atoms with E-state index in [1.54, 1.807) is 0 Å². The van der Waals surface area contributed by atoms with Gasteiger partial charge in [-0.25, -0.2) is 4.79 Å². The van der Waals surface area contributed by atoms with Gasteiger partial charge < -0.3 is 9.64 Å². The number of halogens is 1. The Morgan fingerprint density at radius 1 is 1.45 bits per heavy atom. The first-order valence-corrected chi connectivity index (χ1v) is 7.10. The molecule has 6 nitrogen and oxygen atoms in total. The molecule has 2 rings (SSSR count). The van der Waals surface area contributed by atoms with Crippen molar-refractivity contribution in [3.05, 3.63) is 38.3 Å². The average Bonchev–Trinajstić information content (AvgIpc) is 2.41. The van der Waals surface area contributed by atoms with Crippen LogP contribution < -0.4 is 0 Å². The van der Waals surface area contributed by atoms with Crippen LogP contribution in [-0.2, 0) is 4.74 Å². The molecular formula is C13H15BrN2O4. The molecule has 0 bridgehead atoms. The molecule has 0 atom stereocenters. The number of nitrogens with zero attached hydrogens (tertiary/aromatic N) is 2. The number of benzene rings is 1. The highest BCUT2D eigenvalue weighted by atomic mass is 79.9. The number of carbonyl (C=O) groups is 1. The summed E-state index contributed by atoms with van der Waals surface area (Å²) in [6.45, 7) is 1.77. The molecule has 1 aromatic carbocycles. The van der Waals surface area contributed by atoms with Crippen LogP contribution in [0.15, 0.2) is 22.7 Å². The first-order valence-electron chi connectivity index (χ1n) is 6.31. The monoisotopic (exact) mass is 342 g/mol. The van der Waals surface area contributed by atoms with Crippen molar-refractivity contribution >= 4 is 27.6 Å². The van der Waals surface area contributed by atoms with E-state index in [0.717, 1.165) is 25.9 Å². The summed E-state index contributed by atoms with van der Waals surface area (Å²) in [5, 5.41) is 10.8. The van der Waals surface area contributed by atoms with Crippen molar-refractivity contribution in [2.75, 3.05) is 20.1 Å². The van der Waals surface area contributed by atoms with E-state index in [9.17, 15) is 14.9 Å². The molecular weight excluding hydrogens is 328 g/mol. The first kappa shape index (κ1) is 14.9. The Kier molecular flexibility index (Phi) is 4.72. The molecule has 0 aliphatic carbocycles. The number of nitro benzene ring substituents is 1. The maximum absolute atomic E-state index is 12.0. The van der Waals surface area contributed by atoms with Crippen molar-refractivity contribution in [1.29, 1.82) is 0 Å². The molecule has 0 N–H and O–H groups in total. The van der Waals surface area contributed by atoms with E-state index in [4.69, 9.17) is 4.74 Å². The third-order valence-corrected chi connectivity index (χ3v) is 3.99. The fourth-order valence-electron chi connectivity index (χ4n) is 2.10. The largest absolute Gasteiger partial charge is 0.459 e. The lowest BCUT2D eigenvalue weighted by Crippen LogP contribution is -2.35. The summed E-state index contributed by atoms with van der Waals surface area (Å²) in [6.07, 6.45) is 1.48. The summed E-state index contributed by atoms with van der Waals surface area (Å²) < 4.78 is 5.74. The van der Waals surface area contributed by atoms with Gasteiger partial charge >= 0.3 is 5.97 Å². The van der Waals surface area contributed by atoms with Crippen LogP contribution >= 0.6 is 15.9 Å². The van der Waals surface area contributed by atoms with E-state index in [1.807, 2.05) is 7.05 Å². The van der Waals surface area contributed by atoms with E-state index in [1.165, 1.54) is 18.2 Å². The molecule has 0 unspecified atom stereocenters. The third-order valence-electron chi connectivity index (χ3n) is 3.32. The molecule has 0 aromatic heterocycles. The van der Waals surface area contributed by atoms with Crippen molar-refractivity contribution in [3.8, 4) is 0 Å². The topological polar surface area (TPSA) is 72.7 Å². The van der Waals surface area contributed by atoms with Gasteiger partial charge in [0.25, 0.3) is 5.69 Å². The molecule has 1 fully saturated rings. The minimum Gasteiger partial charge on any atom is -0.459 e. The lowest BCUT2D eigenvalue weighted by atomic mass is 10.1. The minimum absolute atomic E-state index is 0.110. The summed E-state index contributed by atoms with van der Waals surface area (Å²) >= 11 is 3.09. The summed E-state index contributed by atoms with van der Waals surface area (Å²) in [7, 11) is 2.02. The maximum atomic E-state index is 12.0. The summed E-state index contributed by atoms with van der Waals surface area (Å²) in [6, 6.07) is 4.25. The first-order chi connectivity index (χ1) is 9.47. The van der Waals surface area contributed by atoms with Crippen LogP contribution in [0.25, 0.3) is 0 Å². The Labute approximate surface area is 125 Å². The lowest BCUT2D eigenvalue weighted by molar-refractivity contribution is -0.385. The second-order valence-electron chi connectivity index (χ2n) is 4.83. The van der Waals surface area contributed by atoms with Crippen molar-refractivity contribution in [2.24, 2.45) is 0 Å². The van der Waals surface area contributed by atoms with Gasteiger partial charge in [0.15, 0.2) is 0 Å². The molecule has 20 heavy (non-hydrogen) atoms. The van der Waals surface area contributed by atoms with Crippen LogP contribution in [-0.4, -0.2) is 42.0 Å². The van der Waals surface area contributed by atoms with Crippen molar-refractivity contribution in [2.45, 2.75) is 18.9 Å². The Bertz CT molecular complexity index is 527. The summed E-state index contributed by atoms with van der Waals surface area (Å²) in [5.41, 5.74) is 0.0710. The number of carbonyl (C=O) groups excluding carboxylic acids is 1. The molecule has 0 amide bonds. The van der Waals surface area contributed by atoms with Gasteiger partial charge in [0.1, 0.15) is 6.10 Å². The predicted octanol–water partition coefficient (Wildman–Crippen LogP) is 2.61. The van der Waals surface area contributed by atoms with Crippen LogP contribution in [0.2, 0.25) is 0 Å². The number of hydrogen-bond donors (Lipinski definition) is 0. The van der Waals surface area contributed by atoms with Crippen LogP contribution in [0.1, 0.15) is 23.2 Å². The minimum atomic E-state index is -0.531. The van der Waals surface area contributed by atoms with Gasteiger partial charge in [0, 0.05) is 19.2 Å². The molecule has 1 aromatic rings.